The molecule has 5 heteroatoms. The molecule has 0 amide bonds. The Balaban J connectivity index is 1.14. The fourth-order valence-electron chi connectivity index (χ4n) is 16.5. The molecule has 318 valence electrons. The van der Waals surface area contributed by atoms with Crippen LogP contribution in [0, 0.1) is 68.5 Å². The maximum Gasteiger partial charge on any atom is 0.312 e. The summed E-state index contributed by atoms with van der Waals surface area (Å²) < 4.78 is 12.2. The third-order valence-electron chi connectivity index (χ3n) is 18.9. The topological polar surface area (TPSA) is 52.6 Å². The molecule has 0 heterocycles. The molecule has 5 unspecified atom stereocenters. The smallest absolute Gasteiger partial charge is 0.312 e. The van der Waals surface area contributed by atoms with Crippen LogP contribution in [0.25, 0.3) is 0 Å². The molecule has 11 atom stereocenters. The lowest BCUT2D eigenvalue weighted by Crippen LogP contribution is -2.68. The first-order valence-electron chi connectivity index (χ1n) is 23.4. The van der Waals surface area contributed by atoms with Gasteiger partial charge in [0.1, 0.15) is 29.3 Å². The quantitative estimate of drug-likeness (QED) is 0.151. The molecule has 5 fully saturated rings. The second-order valence-electron chi connectivity index (χ2n) is 21.8. The maximum atomic E-state index is 13.9. The van der Waals surface area contributed by atoms with Crippen LogP contribution >= 0.6 is 7.26 Å². The fourth-order valence-corrected chi connectivity index (χ4v) is 20.8. The van der Waals surface area contributed by atoms with Gasteiger partial charge in [0.15, 0.2) is 0 Å². The zero-order valence-electron chi connectivity index (χ0n) is 37.8. The van der Waals surface area contributed by atoms with Gasteiger partial charge in [0.05, 0.1) is 18.7 Å². The van der Waals surface area contributed by atoms with Gasteiger partial charge in [-0.1, -0.05) is 103 Å². The summed E-state index contributed by atoms with van der Waals surface area (Å²) in [7, 11) is -0.356. The molecule has 0 aliphatic heterocycles. The third kappa shape index (κ3) is 6.52. The van der Waals surface area contributed by atoms with Gasteiger partial charge >= 0.3 is 11.9 Å². The van der Waals surface area contributed by atoms with Crippen molar-refractivity contribution < 1.29 is 19.1 Å². The number of fused-ring (bicyclic) bond motifs is 7. The molecular formula is C54H74O4P+. The summed E-state index contributed by atoms with van der Waals surface area (Å²) >= 11 is 0. The van der Waals surface area contributed by atoms with Crippen molar-refractivity contribution >= 4 is 35.1 Å². The highest BCUT2D eigenvalue weighted by molar-refractivity contribution is 7.95. The number of carbonyl (C=O) groups excluding carboxylic acids is 2. The monoisotopic (exact) mass is 818 g/mol. The van der Waals surface area contributed by atoms with Crippen LogP contribution in [0.4, 0.5) is 0 Å². The molecule has 0 saturated heterocycles. The van der Waals surface area contributed by atoms with Crippen LogP contribution in [0.3, 0.4) is 0 Å². The van der Waals surface area contributed by atoms with Crippen LogP contribution in [-0.4, -0.2) is 31.3 Å². The van der Waals surface area contributed by atoms with Gasteiger partial charge in [0, 0.05) is 12.3 Å². The highest BCUT2D eigenvalue weighted by Gasteiger charge is 2.73. The average Bonchev–Trinajstić information content (AvgIpc) is 3.63. The van der Waals surface area contributed by atoms with Gasteiger partial charge in [-0.15, -0.1) is 0 Å². The van der Waals surface area contributed by atoms with E-state index in [0.717, 1.165) is 51.1 Å². The number of rotatable bonds is 10. The van der Waals surface area contributed by atoms with E-state index in [1.807, 2.05) is 0 Å². The van der Waals surface area contributed by atoms with Crippen molar-refractivity contribution in [2.24, 2.45) is 68.5 Å². The first-order valence-corrected chi connectivity index (χ1v) is 25.4. The lowest BCUT2D eigenvalue weighted by atomic mass is 9.31. The van der Waals surface area contributed by atoms with E-state index in [2.05, 4.69) is 139 Å². The number of carbonyl (C=O) groups is 2. The van der Waals surface area contributed by atoms with Crippen molar-refractivity contribution in [3.05, 3.63) is 91.0 Å². The molecule has 3 aromatic rings. The number of hydrogen-bond donors (Lipinski definition) is 0. The molecule has 5 aliphatic carbocycles. The van der Waals surface area contributed by atoms with E-state index in [9.17, 15) is 9.59 Å². The largest absolute Gasteiger partial charge is 0.469 e. The van der Waals surface area contributed by atoms with Gasteiger partial charge < -0.3 is 9.47 Å². The highest BCUT2D eigenvalue weighted by Crippen LogP contribution is 2.78. The van der Waals surface area contributed by atoms with Gasteiger partial charge in [-0.05, 0) is 165 Å². The molecule has 3 aromatic carbocycles. The highest BCUT2D eigenvalue weighted by atomic mass is 31.2. The first kappa shape index (κ1) is 42.7. The molecule has 59 heavy (non-hydrogen) atoms. The van der Waals surface area contributed by atoms with E-state index in [4.69, 9.17) is 9.47 Å². The van der Waals surface area contributed by atoms with Crippen molar-refractivity contribution in [1.82, 2.24) is 0 Å². The Morgan fingerprint density at radius 1 is 0.712 bits per heavy atom. The molecule has 0 N–H and O–H groups in total. The van der Waals surface area contributed by atoms with Gasteiger partial charge in [-0.25, -0.2) is 0 Å². The number of esters is 2. The maximum absolute atomic E-state index is 13.9. The van der Waals surface area contributed by atoms with Crippen LogP contribution in [0.5, 0.6) is 0 Å². The Morgan fingerprint density at radius 3 is 1.81 bits per heavy atom. The third-order valence-corrected chi connectivity index (χ3v) is 23.4. The van der Waals surface area contributed by atoms with Crippen molar-refractivity contribution in [3.8, 4) is 0 Å². The second kappa shape index (κ2) is 15.7. The van der Waals surface area contributed by atoms with Gasteiger partial charge in [0.25, 0.3) is 0 Å². The summed E-state index contributed by atoms with van der Waals surface area (Å²) in [5.41, 5.74) is 0.0106. The molecule has 8 rings (SSSR count). The van der Waals surface area contributed by atoms with Crippen LogP contribution in [-0.2, 0) is 19.1 Å². The Kier molecular flexibility index (Phi) is 11.4. The summed E-state index contributed by atoms with van der Waals surface area (Å²) in [5, 5.41) is 4.30. The Bertz CT molecular complexity index is 1860. The summed E-state index contributed by atoms with van der Waals surface area (Å²) in [6.07, 6.45) is 13.3. The van der Waals surface area contributed by atoms with E-state index in [0.29, 0.717) is 35.5 Å². The van der Waals surface area contributed by atoms with Gasteiger partial charge in [0.2, 0.25) is 0 Å². The first-order chi connectivity index (χ1) is 28.1. The van der Waals surface area contributed by atoms with Crippen molar-refractivity contribution in [1.29, 1.82) is 0 Å². The molecule has 0 aromatic heterocycles. The van der Waals surface area contributed by atoms with Crippen LogP contribution in [0.15, 0.2) is 91.0 Å². The standard InChI is InChI=1S/C54H74O4P/c1-37(2)43-29-32-54(49(56)57-9)34-33-52(7)44(47(43)54)27-28-46-51(6)36-39(48(58-38(3)55)50(4,5)45(51)30-31-53(46,52)8)20-19-35-59(40-21-13-10-14-22-40,41-23-15-11-16-24-41)42-25-17-12-18-26-42/h10-18,21-26,37,39,43-48H,19-20,27-36H2,1-9H3/q+1/t39-,43?,44?,45?,46?,47?,48-,51-,52+,53+,54-/m0/s1. The fraction of sp³-hybridized carbons (Fsp3) is 0.630. The predicted molar refractivity (Wildman–Crippen MR) is 245 cm³/mol. The molecule has 4 nitrogen and oxygen atoms in total. The summed E-state index contributed by atoms with van der Waals surface area (Å²) in [6, 6.07) is 33.9. The molecule has 5 aliphatic rings. The van der Waals surface area contributed by atoms with Gasteiger partial charge in [-0.2, -0.15) is 0 Å². The minimum Gasteiger partial charge on any atom is -0.469 e. The van der Waals surface area contributed by atoms with E-state index in [1.54, 1.807) is 14.0 Å². The van der Waals surface area contributed by atoms with Crippen molar-refractivity contribution in [2.45, 2.75) is 132 Å². The molecule has 0 radical (unpaired) electrons. The predicted octanol–water partition coefficient (Wildman–Crippen LogP) is 11.8. The van der Waals surface area contributed by atoms with E-state index < -0.39 is 7.26 Å². The number of ether oxygens (including phenoxy) is 2. The SMILES string of the molecule is COC(=O)[C@]12CCC(C(C)C)C1C1CCC3[C@@]4(C)C[C@H](CCC[P+](c5ccccc5)(c5ccccc5)c5ccccc5)[C@H](OC(C)=O)C(C)(C)C4CC[C@@]3(C)[C@]1(C)CC2. The molecular weight excluding hydrogens is 744 g/mol. The second-order valence-corrected chi connectivity index (χ2v) is 25.4. The minimum absolute atomic E-state index is 0.0716. The Hall–Kier alpha value is -2.97. The zero-order chi connectivity index (χ0) is 42.0. The molecule has 0 spiro atoms. The summed E-state index contributed by atoms with van der Waals surface area (Å²) in [5.74, 6) is 3.37. The lowest BCUT2D eigenvalue weighted by Gasteiger charge is -2.73. The average molecular weight is 818 g/mol. The Labute approximate surface area is 357 Å². The molecule has 5 saturated carbocycles. The van der Waals surface area contributed by atoms with E-state index in [1.165, 1.54) is 41.6 Å². The number of hydrogen-bond acceptors (Lipinski definition) is 4. The molecule has 0 bridgehead atoms. The van der Waals surface area contributed by atoms with E-state index in [-0.39, 0.29) is 51.0 Å². The van der Waals surface area contributed by atoms with Gasteiger partial charge in [-0.3, -0.25) is 9.59 Å². The minimum atomic E-state index is -1.98. The van der Waals surface area contributed by atoms with E-state index >= 15 is 0 Å². The van der Waals surface area contributed by atoms with Crippen molar-refractivity contribution in [3.63, 3.8) is 0 Å². The number of methoxy groups -OCH3 is 1. The normalized spacial score (nSPS) is 37.4. The van der Waals surface area contributed by atoms with Crippen LogP contribution in [0.1, 0.15) is 126 Å². The number of benzene rings is 3. The van der Waals surface area contributed by atoms with Crippen molar-refractivity contribution in [2.75, 3.05) is 13.3 Å². The van der Waals surface area contributed by atoms with Crippen LogP contribution < -0.4 is 15.9 Å². The Morgan fingerprint density at radius 2 is 1.29 bits per heavy atom. The zero-order valence-corrected chi connectivity index (χ0v) is 38.7. The lowest BCUT2D eigenvalue weighted by molar-refractivity contribution is -0.261. The van der Waals surface area contributed by atoms with Crippen LogP contribution in [0.2, 0.25) is 0 Å². The summed E-state index contributed by atoms with van der Waals surface area (Å²) in [6.45, 7) is 19.4. The summed E-state index contributed by atoms with van der Waals surface area (Å²) in [4.78, 5) is 26.9.